The molecule has 2 rings (SSSR count). The fraction of sp³-hybridized carbons (Fsp3) is 0.562. The third kappa shape index (κ3) is 3.74. The van der Waals surface area contributed by atoms with Crippen molar-refractivity contribution in [2.24, 2.45) is 0 Å². The van der Waals surface area contributed by atoms with Crippen LogP contribution in [0.3, 0.4) is 0 Å². The summed E-state index contributed by atoms with van der Waals surface area (Å²) in [6, 6.07) is 3.79. The van der Waals surface area contributed by atoms with Crippen molar-refractivity contribution in [3.8, 4) is 5.75 Å². The van der Waals surface area contributed by atoms with Crippen molar-refractivity contribution in [2.75, 3.05) is 32.8 Å². The fourth-order valence-electron chi connectivity index (χ4n) is 2.47. The van der Waals surface area contributed by atoms with E-state index in [4.69, 9.17) is 4.74 Å². The highest BCUT2D eigenvalue weighted by molar-refractivity contribution is 5.97. The fourth-order valence-corrected chi connectivity index (χ4v) is 2.47. The summed E-state index contributed by atoms with van der Waals surface area (Å²) in [4.78, 5) is 14.5. The van der Waals surface area contributed by atoms with Gasteiger partial charge in [0.1, 0.15) is 5.75 Å². The van der Waals surface area contributed by atoms with Crippen molar-refractivity contribution in [1.82, 2.24) is 10.2 Å². The zero-order chi connectivity index (χ0) is 15.4. The van der Waals surface area contributed by atoms with Crippen LogP contribution in [0.15, 0.2) is 12.1 Å². The van der Waals surface area contributed by atoms with Gasteiger partial charge in [0.15, 0.2) is 0 Å². The van der Waals surface area contributed by atoms with Gasteiger partial charge in [0, 0.05) is 25.7 Å². The summed E-state index contributed by atoms with van der Waals surface area (Å²) >= 11 is 0. The van der Waals surface area contributed by atoms with Gasteiger partial charge in [-0.3, -0.25) is 9.69 Å². The second-order valence-corrected chi connectivity index (χ2v) is 5.61. The van der Waals surface area contributed by atoms with Crippen LogP contribution in [0.5, 0.6) is 5.75 Å². The van der Waals surface area contributed by atoms with Crippen molar-refractivity contribution >= 4 is 5.91 Å². The molecule has 1 aliphatic heterocycles. The molecule has 1 unspecified atom stereocenters. The number of phenols is 1. The maximum Gasteiger partial charge on any atom is 0.255 e. The third-order valence-electron chi connectivity index (χ3n) is 4.17. The number of morpholine rings is 1. The highest BCUT2D eigenvalue weighted by Crippen LogP contribution is 2.24. The molecule has 1 atom stereocenters. The van der Waals surface area contributed by atoms with E-state index >= 15 is 0 Å². The Labute approximate surface area is 125 Å². The Kier molecular flexibility index (Phi) is 5.20. The number of benzene rings is 1. The minimum atomic E-state index is -0.226. The molecule has 0 saturated carbocycles. The summed E-state index contributed by atoms with van der Waals surface area (Å²) in [5.74, 6) is -0.151. The highest BCUT2D eigenvalue weighted by atomic mass is 16.5. The van der Waals surface area contributed by atoms with E-state index in [-0.39, 0.29) is 17.7 Å². The number of carbonyl (C=O) groups excluding carboxylic acids is 1. The van der Waals surface area contributed by atoms with Crippen LogP contribution < -0.4 is 5.32 Å². The Hall–Kier alpha value is -1.59. The van der Waals surface area contributed by atoms with Crippen molar-refractivity contribution in [1.29, 1.82) is 0 Å². The SMILES string of the molecule is Cc1ccc(C(=O)NCC(C)N2CCOCC2)c(O)c1C. The molecule has 0 radical (unpaired) electrons. The van der Waals surface area contributed by atoms with Crippen LogP contribution in [0.1, 0.15) is 28.4 Å². The Morgan fingerprint density at radius 3 is 2.71 bits per heavy atom. The van der Waals surface area contributed by atoms with E-state index in [1.807, 2.05) is 19.9 Å². The van der Waals surface area contributed by atoms with Crippen LogP contribution in [0.25, 0.3) is 0 Å². The first kappa shape index (κ1) is 15.8. The molecule has 0 bridgehead atoms. The van der Waals surface area contributed by atoms with Gasteiger partial charge in [-0.25, -0.2) is 0 Å². The van der Waals surface area contributed by atoms with E-state index in [9.17, 15) is 9.90 Å². The summed E-state index contributed by atoms with van der Waals surface area (Å²) in [5.41, 5.74) is 2.07. The Balaban J connectivity index is 1.94. The van der Waals surface area contributed by atoms with Crippen molar-refractivity contribution < 1.29 is 14.6 Å². The first-order chi connectivity index (χ1) is 10.0. The van der Waals surface area contributed by atoms with E-state index in [1.54, 1.807) is 6.07 Å². The number of rotatable bonds is 4. The van der Waals surface area contributed by atoms with Crippen LogP contribution in [-0.4, -0.2) is 54.8 Å². The first-order valence-corrected chi connectivity index (χ1v) is 7.40. The van der Waals surface area contributed by atoms with E-state index in [1.165, 1.54) is 0 Å². The van der Waals surface area contributed by atoms with Gasteiger partial charge < -0.3 is 15.2 Å². The number of phenolic OH excluding ortho intramolecular Hbond substituents is 1. The van der Waals surface area contributed by atoms with E-state index < -0.39 is 0 Å². The number of nitrogens with one attached hydrogen (secondary N) is 1. The molecular weight excluding hydrogens is 268 g/mol. The molecule has 1 aliphatic rings. The van der Waals surface area contributed by atoms with Crippen molar-refractivity contribution in [2.45, 2.75) is 26.8 Å². The predicted molar refractivity (Wildman–Crippen MR) is 81.8 cm³/mol. The average molecular weight is 292 g/mol. The Bertz CT molecular complexity index is 510. The number of nitrogens with zero attached hydrogens (tertiary/aromatic N) is 1. The van der Waals surface area contributed by atoms with Crippen molar-refractivity contribution in [3.05, 3.63) is 28.8 Å². The van der Waals surface area contributed by atoms with E-state index in [0.717, 1.165) is 37.4 Å². The van der Waals surface area contributed by atoms with E-state index in [2.05, 4.69) is 17.1 Å². The second kappa shape index (κ2) is 6.91. The van der Waals surface area contributed by atoms with Gasteiger partial charge in [-0.15, -0.1) is 0 Å². The monoisotopic (exact) mass is 292 g/mol. The molecule has 0 spiro atoms. The zero-order valence-corrected chi connectivity index (χ0v) is 13.0. The second-order valence-electron chi connectivity index (χ2n) is 5.61. The van der Waals surface area contributed by atoms with Gasteiger partial charge in [0.2, 0.25) is 0 Å². The quantitative estimate of drug-likeness (QED) is 0.882. The molecule has 2 N–H and O–H groups in total. The van der Waals surface area contributed by atoms with Crippen LogP contribution in [-0.2, 0) is 4.74 Å². The number of aromatic hydroxyl groups is 1. The van der Waals surface area contributed by atoms with Gasteiger partial charge in [0.05, 0.1) is 18.8 Å². The molecule has 116 valence electrons. The van der Waals surface area contributed by atoms with Gasteiger partial charge in [-0.2, -0.15) is 0 Å². The van der Waals surface area contributed by atoms with Crippen LogP contribution in [0, 0.1) is 13.8 Å². The summed E-state index contributed by atoms with van der Waals surface area (Å²) in [7, 11) is 0. The van der Waals surface area contributed by atoms with E-state index in [0.29, 0.717) is 12.1 Å². The van der Waals surface area contributed by atoms with Gasteiger partial charge in [-0.1, -0.05) is 6.07 Å². The minimum absolute atomic E-state index is 0.0755. The first-order valence-electron chi connectivity index (χ1n) is 7.40. The Morgan fingerprint density at radius 2 is 2.05 bits per heavy atom. The zero-order valence-electron chi connectivity index (χ0n) is 13.0. The maximum absolute atomic E-state index is 12.2. The smallest absolute Gasteiger partial charge is 0.255 e. The number of hydrogen-bond donors (Lipinski definition) is 2. The summed E-state index contributed by atoms with van der Waals surface area (Å²) in [6.45, 7) is 9.66. The van der Waals surface area contributed by atoms with Crippen LogP contribution in [0.2, 0.25) is 0 Å². The number of carbonyl (C=O) groups is 1. The van der Waals surface area contributed by atoms with Gasteiger partial charge in [0.25, 0.3) is 5.91 Å². The number of amides is 1. The standard InChI is InChI=1S/C16H24N2O3/c1-11-4-5-14(15(19)13(11)3)16(20)17-10-12(2)18-6-8-21-9-7-18/h4-5,12,19H,6-10H2,1-3H3,(H,17,20). The van der Waals surface area contributed by atoms with Crippen molar-refractivity contribution in [3.63, 3.8) is 0 Å². The van der Waals surface area contributed by atoms with Crippen LogP contribution >= 0.6 is 0 Å². The third-order valence-corrected chi connectivity index (χ3v) is 4.17. The predicted octanol–water partition coefficient (Wildman–Crippen LogP) is 1.46. The van der Waals surface area contributed by atoms with Gasteiger partial charge >= 0.3 is 0 Å². The molecule has 1 amide bonds. The van der Waals surface area contributed by atoms with Crippen LogP contribution in [0.4, 0.5) is 0 Å². The normalized spacial score (nSPS) is 17.5. The molecule has 1 saturated heterocycles. The molecule has 21 heavy (non-hydrogen) atoms. The lowest BCUT2D eigenvalue weighted by Gasteiger charge is -2.32. The molecule has 1 aromatic rings. The molecular formula is C16H24N2O3. The number of ether oxygens (including phenoxy) is 1. The number of aryl methyl sites for hydroxylation is 1. The lowest BCUT2D eigenvalue weighted by Crippen LogP contribution is -2.47. The highest BCUT2D eigenvalue weighted by Gasteiger charge is 2.19. The number of hydrogen-bond acceptors (Lipinski definition) is 4. The largest absolute Gasteiger partial charge is 0.507 e. The Morgan fingerprint density at radius 1 is 1.38 bits per heavy atom. The molecule has 1 fully saturated rings. The molecule has 0 aliphatic carbocycles. The minimum Gasteiger partial charge on any atom is -0.507 e. The van der Waals surface area contributed by atoms with Gasteiger partial charge in [-0.05, 0) is 38.0 Å². The maximum atomic E-state index is 12.2. The molecule has 5 nitrogen and oxygen atoms in total. The summed E-state index contributed by atoms with van der Waals surface area (Å²) in [5, 5.41) is 13.0. The summed E-state index contributed by atoms with van der Waals surface area (Å²) in [6.07, 6.45) is 0. The average Bonchev–Trinajstić information content (AvgIpc) is 2.51. The molecule has 1 heterocycles. The molecule has 0 aromatic heterocycles. The lowest BCUT2D eigenvalue weighted by atomic mass is 10.0. The lowest BCUT2D eigenvalue weighted by molar-refractivity contribution is 0.0204. The molecule has 5 heteroatoms. The molecule has 1 aromatic carbocycles. The topological polar surface area (TPSA) is 61.8 Å². The summed E-state index contributed by atoms with van der Waals surface area (Å²) < 4.78 is 5.32.